The van der Waals surface area contributed by atoms with Crippen LogP contribution in [0.1, 0.15) is 53.4 Å². The zero-order valence-electron chi connectivity index (χ0n) is 14.3. The van der Waals surface area contributed by atoms with E-state index in [1.807, 2.05) is 0 Å². The largest absolute Gasteiger partial charge is 0.161 e. The van der Waals surface area contributed by atoms with Gasteiger partial charge in [0, 0.05) is 14.1 Å². The van der Waals surface area contributed by atoms with Crippen LogP contribution in [0.25, 0.3) is 0 Å². The molecule has 4 atom stereocenters. The molecule has 20 heavy (non-hydrogen) atoms. The Kier molecular flexibility index (Phi) is 4.94. The number of rotatable bonds is 3. The topological polar surface area (TPSA) is 6.48 Å². The third kappa shape index (κ3) is 2.30. The maximum Gasteiger partial charge on any atom is 0.0579 e. The lowest BCUT2D eigenvalue weighted by molar-refractivity contribution is 0.248. The molecular formula is C16H34N2P2. The van der Waals surface area contributed by atoms with Gasteiger partial charge in [-0.1, -0.05) is 0 Å². The maximum absolute atomic E-state index is 4.79. The Morgan fingerprint density at radius 3 is 1.05 bits per heavy atom. The molecule has 0 aromatic carbocycles. The van der Waals surface area contributed by atoms with Crippen LogP contribution in [0.2, 0.25) is 0 Å². The Morgan fingerprint density at radius 1 is 0.650 bits per heavy atom. The Labute approximate surface area is 128 Å². The second-order valence-electron chi connectivity index (χ2n) is 7.30. The highest BCUT2D eigenvalue weighted by Gasteiger charge is 2.55. The normalized spacial score (nSPS) is 39.9. The molecule has 2 aliphatic rings. The van der Waals surface area contributed by atoms with Crippen LogP contribution in [-0.4, -0.2) is 46.3 Å². The average Bonchev–Trinajstić information content (AvgIpc) is 2.83. The summed E-state index contributed by atoms with van der Waals surface area (Å²) in [7, 11) is 2.02. The molecule has 0 aromatic heterocycles. The summed E-state index contributed by atoms with van der Waals surface area (Å²) in [5.41, 5.74) is 3.07. The smallest absolute Gasteiger partial charge is 0.0579 e. The van der Waals surface area contributed by atoms with Crippen LogP contribution in [0, 0.1) is 13.3 Å². The van der Waals surface area contributed by atoms with Crippen molar-refractivity contribution in [3.63, 3.8) is 0 Å². The summed E-state index contributed by atoms with van der Waals surface area (Å²) in [6.45, 7) is 19.3. The van der Waals surface area contributed by atoms with Gasteiger partial charge >= 0.3 is 0 Å². The van der Waals surface area contributed by atoms with Crippen molar-refractivity contribution in [2.75, 3.05) is 14.1 Å². The molecule has 0 unspecified atom stereocenters. The van der Waals surface area contributed by atoms with Gasteiger partial charge in [0.2, 0.25) is 0 Å². The van der Waals surface area contributed by atoms with Crippen molar-refractivity contribution in [3.8, 4) is 0 Å². The van der Waals surface area contributed by atoms with Crippen molar-refractivity contribution in [3.05, 3.63) is 13.3 Å². The van der Waals surface area contributed by atoms with E-state index < -0.39 is 14.8 Å². The number of hydrazine groups is 1. The molecule has 2 aliphatic heterocycles. The first-order valence-corrected chi connectivity index (χ1v) is 12.2. The van der Waals surface area contributed by atoms with Crippen molar-refractivity contribution < 1.29 is 0 Å². The highest BCUT2D eigenvalue weighted by molar-refractivity contribution is 7.79. The van der Waals surface area contributed by atoms with Gasteiger partial charge in [0.15, 0.2) is 0 Å². The summed E-state index contributed by atoms with van der Waals surface area (Å²) in [6, 6.07) is 0. The molecular weight excluding hydrogens is 282 g/mol. The van der Waals surface area contributed by atoms with Crippen LogP contribution in [0.3, 0.4) is 0 Å². The average molecular weight is 316 g/mol. The maximum atomic E-state index is 4.79. The monoisotopic (exact) mass is 316 g/mol. The molecule has 2 heterocycles. The van der Waals surface area contributed by atoms with Gasteiger partial charge in [0.25, 0.3) is 0 Å². The Morgan fingerprint density at radius 2 is 0.850 bits per heavy atom. The third-order valence-corrected chi connectivity index (χ3v) is 16.5. The van der Waals surface area contributed by atoms with Crippen molar-refractivity contribution in [1.29, 1.82) is 0 Å². The predicted molar refractivity (Wildman–Crippen MR) is 96.4 cm³/mol. The van der Waals surface area contributed by atoms with Crippen LogP contribution in [0.15, 0.2) is 0 Å². The summed E-state index contributed by atoms with van der Waals surface area (Å²) in [6.07, 6.45) is 5.41. The fourth-order valence-electron chi connectivity index (χ4n) is 4.35. The van der Waals surface area contributed by atoms with Gasteiger partial charge in [-0.25, -0.2) is 0 Å². The van der Waals surface area contributed by atoms with Gasteiger partial charge in [-0.2, -0.15) is 13.3 Å². The number of hydrogen-bond acceptors (Lipinski definition) is 2. The second-order valence-corrected chi connectivity index (χ2v) is 15.5. The van der Waals surface area contributed by atoms with E-state index in [9.17, 15) is 0 Å². The van der Waals surface area contributed by atoms with Gasteiger partial charge in [0.1, 0.15) is 0 Å². The quantitative estimate of drug-likeness (QED) is 0.393. The molecule has 0 saturated carbocycles. The van der Waals surface area contributed by atoms with Crippen LogP contribution in [0.5, 0.6) is 0 Å². The standard InChI is InChI=1S/C16H34N2P2/c1-13-9-10-14(2)19(13,7)17(5)18(6)20(8)15(3)11-12-16(20)4/h13-16H,7-12H2,1-6H3/t13-,14-,15-,16-/m1/s1. The van der Waals surface area contributed by atoms with Crippen molar-refractivity contribution in [2.45, 2.75) is 76.0 Å². The molecule has 118 valence electrons. The van der Waals surface area contributed by atoms with Crippen molar-refractivity contribution in [2.24, 2.45) is 0 Å². The molecule has 0 spiro atoms. The first kappa shape index (κ1) is 17.1. The molecule has 0 aromatic rings. The highest BCUT2D eigenvalue weighted by atomic mass is 31.2. The van der Waals surface area contributed by atoms with Gasteiger partial charge in [-0.15, -0.1) is 9.56 Å². The molecule has 0 aliphatic carbocycles. The van der Waals surface area contributed by atoms with E-state index in [4.69, 9.17) is 13.3 Å². The van der Waals surface area contributed by atoms with Crippen molar-refractivity contribution >= 4 is 14.8 Å². The van der Waals surface area contributed by atoms with Gasteiger partial charge in [-0.3, -0.25) is 0 Å². The summed E-state index contributed by atoms with van der Waals surface area (Å²) in [4.78, 5) is 0. The number of nitrogens with zero attached hydrogens (tertiary/aromatic N) is 2. The van der Waals surface area contributed by atoms with Gasteiger partial charge in [-0.05, 0) is 68.2 Å². The minimum atomic E-state index is -1.30. The van der Waals surface area contributed by atoms with E-state index in [0.717, 1.165) is 22.6 Å². The van der Waals surface area contributed by atoms with E-state index in [2.05, 4.69) is 51.3 Å². The first-order chi connectivity index (χ1) is 9.16. The fraction of sp³-hybridized carbons (Fsp3) is 0.875. The first-order valence-electron chi connectivity index (χ1n) is 8.10. The molecule has 2 fully saturated rings. The second kappa shape index (κ2) is 5.77. The van der Waals surface area contributed by atoms with Gasteiger partial charge < -0.3 is 0 Å². The lowest BCUT2D eigenvalue weighted by Crippen LogP contribution is -2.41. The van der Waals surface area contributed by atoms with Crippen LogP contribution >= 0.6 is 14.8 Å². The molecule has 0 amide bonds. The predicted octanol–water partition coefficient (Wildman–Crippen LogP) is 5.35. The zero-order chi connectivity index (χ0) is 15.3. The third-order valence-electron chi connectivity index (χ3n) is 6.55. The van der Waals surface area contributed by atoms with Crippen LogP contribution in [-0.2, 0) is 0 Å². The van der Waals surface area contributed by atoms with Crippen molar-refractivity contribution in [1.82, 2.24) is 9.56 Å². The Hall–Kier alpha value is 0.780. The van der Waals surface area contributed by atoms with Gasteiger partial charge in [0.05, 0.1) is 22.6 Å². The van der Waals surface area contributed by atoms with E-state index in [1.165, 1.54) is 25.7 Å². The van der Waals surface area contributed by atoms with E-state index in [0.29, 0.717) is 0 Å². The number of hydrogen-bond donors (Lipinski definition) is 0. The summed E-state index contributed by atoms with van der Waals surface area (Å²) in [5, 5.41) is 0. The van der Waals surface area contributed by atoms with Crippen LogP contribution < -0.4 is 0 Å². The molecule has 0 N–H and O–H groups in total. The van der Waals surface area contributed by atoms with E-state index in [1.54, 1.807) is 0 Å². The molecule has 2 nitrogen and oxygen atoms in total. The molecule has 4 heteroatoms. The lowest BCUT2D eigenvalue weighted by Gasteiger charge is -2.51. The Balaban J connectivity index is 2.26. The Bertz CT molecular complexity index is 306. The summed E-state index contributed by atoms with van der Waals surface area (Å²) < 4.78 is 5.18. The molecule has 2 rings (SSSR count). The lowest BCUT2D eigenvalue weighted by atomic mass is 10.2. The molecule has 0 radical (unpaired) electrons. The minimum Gasteiger partial charge on any atom is -0.161 e. The fourth-order valence-corrected chi connectivity index (χ4v) is 12.6. The molecule has 2 saturated heterocycles. The summed E-state index contributed by atoms with van der Waals surface area (Å²) >= 11 is 0. The molecule has 0 bridgehead atoms. The zero-order valence-corrected chi connectivity index (χ0v) is 16.1. The van der Waals surface area contributed by atoms with E-state index in [-0.39, 0.29) is 0 Å². The minimum absolute atomic E-state index is 0.768. The van der Waals surface area contributed by atoms with E-state index >= 15 is 0 Å². The summed E-state index contributed by atoms with van der Waals surface area (Å²) in [5.74, 6) is 0. The highest BCUT2D eigenvalue weighted by Crippen LogP contribution is 2.80. The van der Waals surface area contributed by atoms with Crippen LogP contribution in [0.4, 0.5) is 0 Å². The SMILES string of the molecule is [CH2-][P+]1(N(C)N(C)[P+]2([CH2-])[C@H](C)CC[C@H]2C)[C@H](C)CC[C@H]1C.